The summed E-state index contributed by atoms with van der Waals surface area (Å²) in [4.78, 5) is 2.30. The van der Waals surface area contributed by atoms with Gasteiger partial charge < -0.3 is 15.0 Å². The minimum absolute atomic E-state index is 0.484. The van der Waals surface area contributed by atoms with Gasteiger partial charge in [0.15, 0.2) is 5.11 Å². The number of ether oxygens (including phenoxy) is 1. The molecular weight excluding hydrogens is 220 g/mol. The van der Waals surface area contributed by atoms with E-state index in [0.717, 1.165) is 24.5 Å². The lowest BCUT2D eigenvalue weighted by Gasteiger charge is -2.36. The molecule has 0 aliphatic rings. The second-order valence-corrected chi connectivity index (χ2v) is 4.53. The summed E-state index contributed by atoms with van der Waals surface area (Å²) >= 11 is 5.43. The first-order chi connectivity index (χ1) is 7.58. The van der Waals surface area contributed by atoms with Gasteiger partial charge in [0, 0.05) is 25.7 Å². The number of thiocarbonyl (C=S) groups is 1. The van der Waals surface area contributed by atoms with Crippen molar-refractivity contribution >= 4 is 17.3 Å². The maximum atomic E-state index is 5.43. The summed E-state index contributed by atoms with van der Waals surface area (Å²) in [6.07, 6.45) is 2.22. The topological polar surface area (TPSA) is 24.5 Å². The summed E-state index contributed by atoms with van der Waals surface area (Å²) < 4.78 is 5.00. The fourth-order valence-corrected chi connectivity index (χ4v) is 2.04. The van der Waals surface area contributed by atoms with Crippen LogP contribution in [0, 0.1) is 0 Å². The van der Waals surface area contributed by atoms with Gasteiger partial charge in [-0.3, -0.25) is 0 Å². The van der Waals surface area contributed by atoms with Gasteiger partial charge in [-0.15, -0.1) is 0 Å². The highest BCUT2D eigenvalue weighted by molar-refractivity contribution is 7.80. The summed E-state index contributed by atoms with van der Waals surface area (Å²) in [7, 11) is 1.70. The Hall–Kier alpha value is -0.350. The molecule has 4 heteroatoms. The second-order valence-electron chi connectivity index (χ2n) is 4.15. The molecule has 96 valence electrons. The molecule has 0 rings (SSSR count). The smallest absolute Gasteiger partial charge is 0.169 e. The number of methoxy groups -OCH3 is 1. The normalized spacial score (nSPS) is 14.3. The van der Waals surface area contributed by atoms with E-state index in [-0.39, 0.29) is 0 Å². The Balaban J connectivity index is 4.32. The highest BCUT2D eigenvalue weighted by atomic mass is 32.1. The number of hydrogen-bond acceptors (Lipinski definition) is 2. The van der Waals surface area contributed by atoms with Gasteiger partial charge in [0.1, 0.15) is 0 Å². The molecule has 3 nitrogen and oxygen atoms in total. The molecule has 0 aromatic heterocycles. The van der Waals surface area contributed by atoms with Gasteiger partial charge in [-0.1, -0.05) is 13.8 Å². The quantitative estimate of drug-likeness (QED) is 0.551. The van der Waals surface area contributed by atoms with Crippen LogP contribution in [-0.4, -0.2) is 42.4 Å². The molecule has 0 aliphatic heterocycles. The number of rotatable bonds is 7. The summed E-state index contributed by atoms with van der Waals surface area (Å²) in [5.41, 5.74) is 0. The molecule has 0 fully saturated rings. The minimum atomic E-state index is 0.484. The van der Waals surface area contributed by atoms with E-state index in [0.29, 0.717) is 18.7 Å². The molecular formula is C12H26N2OS. The molecule has 0 saturated heterocycles. The van der Waals surface area contributed by atoms with Crippen molar-refractivity contribution in [1.29, 1.82) is 0 Å². The van der Waals surface area contributed by atoms with Crippen LogP contribution in [0.3, 0.4) is 0 Å². The Morgan fingerprint density at radius 3 is 2.12 bits per heavy atom. The van der Waals surface area contributed by atoms with Crippen LogP contribution in [0.2, 0.25) is 0 Å². The van der Waals surface area contributed by atoms with Crippen LogP contribution in [0.15, 0.2) is 0 Å². The zero-order valence-electron chi connectivity index (χ0n) is 11.2. The first kappa shape index (κ1) is 15.7. The molecule has 0 aliphatic carbocycles. The Morgan fingerprint density at radius 2 is 1.75 bits per heavy atom. The van der Waals surface area contributed by atoms with Crippen LogP contribution in [0.5, 0.6) is 0 Å². The number of hydrogen-bond donors (Lipinski definition) is 1. The van der Waals surface area contributed by atoms with Crippen LogP contribution in [0.25, 0.3) is 0 Å². The van der Waals surface area contributed by atoms with E-state index in [1.165, 1.54) is 0 Å². The van der Waals surface area contributed by atoms with Gasteiger partial charge in [0.05, 0.1) is 6.61 Å². The van der Waals surface area contributed by atoms with E-state index in [1.807, 2.05) is 0 Å². The zero-order chi connectivity index (χ0) is 12.6. The van der Waals surface area contributed by atoms with Crippen molar-refractivity contribution in [3.63, 3.8) is 0 Å². The van der Waals surface area contributed by atoms with Crippen molar-refractivity contribution in [3.05, 3.63) is 0 Å². The van der Waals surface area contributed by atoms with Crippen LogP contribution in [0.1, 0.15) is 40.5 Å². The second kappa shape index (κ2) is 8.76. The third-order valence-electron chi connectivity index (χ3n) is 2.95. The minimum Gasteiger partial charge on any atom is -0.383 e. The summed E-state index contributed by atoms with van der Waals surface area (Å²) in [5, 5.41) is 4.09. The van der Waals surface area contributed by atoms with Crippen molar-refractivity contribution < 1.29 is 4.74 Å². The summed E-state index contributed by atoms with van der Waals surface area (Å²) in [6.45, 7) is 10.3. The van der Waals surface area contributed by atoms with E-state index >= 15 is 0 Å². The third-order valence-corrected chi connectivity index (χ3v) is 3.30. The largest absolute Gasteiger partial charge is 0.383 e. The molecule has 0 aromatic carbocycles. The van der Waals surface area contributed by atoms with Gasteiger partial charge in [-0.05, 0) is 38.9 Å². The number of nitrogens with zero attached hydrogens (tertiary/aromatic N) is 1. The Labute approximate surface area is 106 Å². The zero-order valence-corrected chi connectivity index (χ0v) is 12.1. The van der Waals surface area contributed by atoms with E-state index in [2.05, 4.69) is 37.9 Å². The molecule has 0 saturated carbocycles. The molecule has 16 heavy (non-hydrogen) atoms. The van der Waals surface area contributed by atoms with Crippen molar-refractivity contribution in [2.24, 2.45) is 0 Å². The lowest BCUT2D eigenvalue weighted by atomic mass is 10.1. The Bertz CT molecular complexity index is 189. The molecule has 2 atom stereocenters. The van der Waals surface area contributed by atoms with Crippen LogP contribution < -0.4 is 5.32 Å². The van der Waals surface area contributed by atoms with Crippen molar-refractivity contribution in [3.8, 4) is 0 Å². The average Bonchev–Trinajstić information content (AvgIpc) is 2.29. The molecule has 1 N–H and O–H groups in total. The Morgan fingerprint density at radius 1 is 1.25 bits per heavy atom. The van der Waals surface area contributed by atoms with Crippen molar-refractivity contribution in [2.45, 2.75) is 52.6 Å². The highest BCUT2D eigenvalue weighted by Gasteiger charge is 2.19. The maximum absolute atomic E-state index is 5.43. The molecule has 0 heterocycles. The van der Waals surface area contributed by atoms with Crippen LogP contribution in [-0.2, 0) is 4.74 Å². The maximum Gasteiger partial charge on any atom is 0.169 e. The molecule has 0 radical (unpaired) electrons. The summed E-state index contributed by atoms with van der Waals surface area (Å²) in [5.74, 6) is 0. The van der Waals surface area contributed by atoms with Gasteiger partial charge in [0.25, 0.3) is 0 Å². The van der Waals surface area contributed by atoms with Crippen molar-refractivity contribution in [2.75, 3.05) is 20.3 Å². The third kappa shape index (κ3) is 5.12. The molecule has 0 amide bonds. The van der Waals surface area contributed by atoms with Crippen LogP contribution >= 0.6 is 12.2 Å². The van der Waals surface area contributed by atoms with Gasteiger partial charge in [0.2, 0.25) is 0 Å². The summed E-state index contributed by atoms with van der Waals surface area (Å²) in [6, 6.07) is 0.968. The van der Waals surface area contributed by atoms with E-state index < -0.39 is 0 Å². The standard InChI is InChI=1S/C12H26N2OS/c1-6-10(3)14(11(4)7-2)12(16)13-8-9-15-5/h10-11H,6-9H2,1-5H3,(H,13,16). The first-order valence-electron chi connectivity index (χ1n) is 6.13. The van der Waals surface area contributed by atoms with Crippen LogP contribution in [0.4, 0.5) is 0 Å². The first-order valence-corrected chi connectivity index (χ1v) is 6.54. The molecule has 0 bridgehead atoms. The predicted molar refractivity (Wildman–Crippen MR) is 73.8 cm³/mol. The molecule has 0 spiro atoms. The Kier molecular flexibility index (Phi) is 8.57. The predicted octanol–water partition coefficient (Wildman–Crippen LogP) is 2.41. The average molecular weight is 246 g/mol. The van der Waals surface area contributed by atoms with E-state index in [4.69, 9.17) is 17.0 Å². The van der Waals surface area contributed by atoms with Gasteiger partial charge in [-0.2, -0.15) is 0 Å². The van der Waals surface area contributed by atoms with Crippen molar-refractivity contribution in [1.82, 2.24) is 10.2 Å². The molecule has 0 aromatic rings. The number of nitrogens with one attached hydrogen (secondary N) is 1. The van der Waals surface area contributed by atoms with E-state index in [1.54, 1.807) is 7.11 Å². The fraction of sp³-hybridized carbons (Fsp3) is 0.917. The van der Waals surface area contributed by atoms with Gasteiger partial charge in [-0.25, -0.2) is 0 Å². The van der Waals surface area contributed by atoms with Gasteiger partial charge >= 0.3 is 0 Å². The lowest BCUT2D eigenvalue weighted by Crippen LogP contribution is -2.49. The monoisotopic (exact) mass is 246 g/mol. The fourth-order valence-electron chi connectivity index (χ4n) is 1.58. The lowest BCUT2D eigenvalue weighted by molar-refractivity contribution is 0.199. The molecule has 2 unspecified atom stereocenters. The highest BCUT2D eigenvalue weighted by Crippen LogP contribution is 2.11. The van der Waals surface area contributed by atoms with E-state index in [9.17, 15) is 0 Å². The SMILES string of the molecule is CCC(C)N(C(=S)NCCOC)C(C)CC.